The zero-order valence-corrected chi connectivity index (χ0v) is 11.0. The average Bonchev–Trinajstić information content (AvgIpc) is 2.73. The van der Waals surface area contributed by atoms with Crippen molar-refractivity contribution in [1.29, 1.82) is 0 Å². The Morgan fingerprint density at radius 2 is 2.06 bits per heavy atom. The normalized spacial score (nSPS) is 10.1. The summed E-state index contributed by atoms with van der Waals surface area (Å²) in [5.74, 6) is 1.47. The van der Waals surface area contributed by atoms with E-state index in [-0.39, 0.29) is 0 Å². The van der Waals surface area contributed by atoms with E-state index < -0.39 is 0 Å². The van der Waals surface area contributed by atoms with Gasteiger partial charge in [0, 0.05) is 0 Å². The maximum atomic E-state index is 5.63. The summed E-state index contributed by atoms with van der Waals surface area (Å²) in [5, 5.41) is 0.929. The second-order valence-corrected chi connectivity index (χ2v) is 5.49. The van der Waals surface area contributed by atoms with Crippen LogP contribution >= 0.6 is 27.3 Å². The second kappa shape index (κ2) is 5.32. The number of hydrogen-bond acceptors (Lipinski definition) is 4. The van der Waals surface area contributed by atoms with Crippen LogP contribution in [-0.2, 0) is 6.61 Å². The fourth-order valence-electron chi connectivity index (χ4n) is 1.23. The quantitative estimate of drug-likeness (QED) is 0.866. The van der Waals surface area contributed by atoms with E-state index in [4.69, 9.17) is 9.47 Å². The molecule has 1 aromatic heterocycles. The Labute approximate surface area is 106 Å². The predicted octanol–water partition coefficient (Wildman–Crippen LogP) is 3.49. The monoisotopic (exact) mass is 299 g/mol. The summed E-state index contributed by atoms with van der Waals surface area (Å²) in [6.45, 7) is 0.455. The van der Waals surface area contributed by atoms with Crippen molar-refractivity contribution in [2.45, 2.75) is 6.61 Å². The summed E-state index contributed by atoms with van der Waals surface area (Å²) >= 11 is 4.92. The van der Waals surface area contributed by atoms with Gasteiger partial charge in [-0.25, -0.2) is 4.98 Å². The molecule has 0 saturated carbocycles. The molecule has 0 fully saturated rings. The summed E-state index contributed by atoms with van der Waals surface area (Å²) in [5.41, 5.74) is 0. The van der Waals surface area contributed by atoms with Crippen LogP contribution in [0.25, 0.3) is 0 Å². The first-order chi connectivity index (χ1) is 7.79. The van der Waals surface area contributed by atoms with Gasteiger partial charge in [0.2, 0.25) is 0 Å². The van der Waals surface area contributed by atoms with Gasteiger partial charge in [-0.2, -0.15) is 0 Å². The molecule has 2 rings (SSSR count). The number of aromatic nitrogens is 1. The highest BCUT2D eigenvalue weighted by molar-refractivity contribution is 9.11. The lowest BCUT2D eigenvalue weighted by atomic mass is 10.3. The minimum atomic E-state index is 0.455. The first-order valence-electron chi connectivity index (χ1n) is 4.65. The van der Waals surface area contributed by atoms with Gasteiger partial charge in [-0.05, 0) is 28.1 Å². The molecule has 2 aromatic rings. The van der Waals surface area contributed by atoms with Gasteiger partial charge in [0.25, 0.3) is 0 Å². The Morgan fingerprint density at radius 3 is 2.69 bits per heavy atom. The third-order valence-electron chi connectivity index (χ3n) is 1.95. The lowest BCUT2D eigenvalue weighted by molar-refractivity contribution is 0.284. The van der Waals surface area contributed by atoms with Gasteiger partial charge in [0.15, 0.2) is 11.5 Å². The number of methoxy groups -OCH3 is 1. The number of halogens is 1. The topological polar surface area (TPSA) is 31.4 Å². The maximum Gasteiger partial charge on any atom is 0.161 e. The molecule has 0 aliphatic rings. The van der Waals surface area contributed by atoms with E-state index in [9.17, 15) is 0 Å². The Bertz CT molecular complexity index is 473. The molecule has 84 valence electrons. The first kappa shape index (κ1) is 11.4. The zero-order valence-electron chi connectivity index (χ0n) is 8.64. The van der Waals surface area contributed by atoms with E-state index >= 15 is 0 Å². The van der Waals surface area contributed by atoms with Crippen LogP contribution in [0.5, 0.6) is 11.5 Å². The highest BCUT2D eigenvalue weighted by Gasteiger charge is 2.04. The molecule has 5 heteroatoms. The number of para-hydroxylation sites is 2. The number of thiazole rings is 1. The molecule has 0 spiro atoms. The molecule has 0 saturated heterocycles. The summed E-state index contributed by atoms with van der Waals surface area (Å²) < 4.78 is 11.8. The van der Waals surface area contributed by atoms with Crippen molar-refractivity contribution in [3.05, 3.63) is 39.3 Å². The van der Waals surface area contributed by atoms with Crippen LogP contribution in [-0.4, -0.2) is 12.1 Å². The molecule has 0 unspecified atom stereocenters. The third kappa shape index (κ3) is 2.74. The number of ether oxygens (including phenoxy) is 2. The van der Waals surface area contributed by atoms with Gasteiger partial charge in [-0.3, -0.25) is 0 Å². The van der Waals surface area contributed by atoms with Crippen molar-refractivity contribution in [1.82, 2.24) is 4.98 Å². The standard InChI is InChI=1S/C11H10BrNO2S/c1-14-8-4-2-3-5-9(8)15-7-11-13-6-10(12)16-11/h2-6H,7H2,1H3. The lowest BCUT2D eigenvalue weighted by Gasteiger charge is -2.08. The van der Waals surface area contributed by atoms with Crippen LogP contribution in [0.1, 0.15) is 5.01 Å². The summed E-state index contributed by atoms with van der Waals surface area (Å²) in [6.07, 6.45) is 1.77. The predicted molar refractivity (Wildman–Crippen MR) is 67.1 cm³/mol. The Balaban J connectivity index is 2.04. The smallest absolute Gasteiger partial charge is 0.161 e. The van der Waals surface area contributed by atoms with E-state index in [2.05, 4.69) is 20.9 Å². The van der Waals surface area contributed by atoms with Crippen molar-refractivity contribution in [3.8, 4) is 11.5 Å². The molecule has 0 atom stereocenters. The van der Waals surface area contributed by atoms with Gasteiger partial charge in [0.05, 0.1) is 17.1 Å². The summed E-state index contributed by atoms with van der Waals surface area (Å²) in [6, 6.07) is 7.57. The van der Waals surface area contributed by atoms with E-state index in [0.717, 1.165) is 20.3 Å². The number of hydrogen-bond donors (Lipinski definition) is 0. The molecule has 0 radical (unpaired) electrons. The van der Waals surface area contributed by atoms with Gasteiger partial charge < -0.3 is 9.47 Å². The minimum absolute atomic E-state index is 0.455. The van der Waals surface area contributed by atoms with Crippen LogP contribution in [0.2, 0.25) is 0 Å². The SMILES string of the molecule is COc1ccccc1OCc1ncc(Br)s1. The van der Waals surface area contributed by atoms with Crippen LogP contribution < -0.4 is 9.47 Å². The van der Waals surface area contributed by atoms with Crippen LogP contribution in [0.4, 0.5) is 0 Å². The Morgan fingerprint density at radius 1 is 1.31 bits per heavy atom. The van der Waals surface area contributed by atoms with Crippen LogP contribution in [0, 0.1) is 0 Å². The fraction of sp³-hybridized carbons (Fsp3) is 0.182. The molecule has 0 bridgehead atoms. The van der Waals surface area contributed by atoms with Gasteiger partial charge in [-0.1, -0.05) is 12.1 Å². The van der Waals surface area contributed by atoms with Crippen LogP contribution in [0.3, 0.4) is 0 Å². The highest BCUT2D eigenvalue weighted by Crippen LogP contribution is 2.27. The van der Waals surface area contributed by atoms with Crippen molar-refractivity contribution < 1.29 is 9.47 Å². The molecule has 0 amide bonds. The number of rotatable bonds is 4. The van der Waals surface area contributed by atoms with Gasteiger partial charge in [-0.15, -0.1) is 11.3 Å². The third-order valence-corrected chi connectivity index (χ3v) is 3.40. The van der Waals surface area contributed by atoms with Crippen molar-refractivity contribution in [2.75, 3.05) is 7.11 Å². The number of benzene rings is 1. The fourth-order valence-corrected chi connectivity index (χ4v) is 2.45. The Hall–Kier alpha value is -1.07. The molecule has 0 aliphatic heterocycles. The van der Waals surface area contributed by atoms with Gasteiger partial charge >= 0.3 is 0 Å². The molecular formula is C11H10BrNO2S. The second-order valence-electron chi connectivity index (χ2n) is 3.00. The summed E-state index contributed by atoms with van der Waals surface area (Å²) in [7, 11) is 1.63. The largest absolute Gasteiger partial charge is 0.493 e. The summed E-state index contributed by atoms with van der Waals surface area (Å²) in [4.78, 5) is 4.19. The van der Waals surface area contributed by atoms with Crippen molar-refractivity contribution in [2.24, 2.45) is 0 Å². The molecule has 16 heavy (non-hydrogen) atoms. The van der Waals surface area contributed by atoms with Crippen molar-refractivity contribution >= 4 is 27.3 Å². The molecule has 1 heterocycles. The molecular weight excluding hydrogens is 290 g/mol. The highest BCUT2D eigenvalue weighted by atomic mass is 79.9. The van der Waals surface area contributed by atoms with E-state index in [1.54, 1.807) is 24.6 Å². The average molecular weight is 300 g/mol. The molecule has 1 aromatic carbocycles. The maximum absolute atomic E-state index is 5.63. The Kier molecular flexibility index (Phi) is 3.79. The minimum Gasteiger partial charge on any atom is -0.493 e. The van der Waals surface area contributed by atoms with E-state index in [1.165, 1.54) is 0 Å². The molecule has 3 nitrogen and oxygen atoms in total. The lowest BCUT2D eigenvalue weighted by Crippen LogP contribution is -1.96. The van der Waals surface area contributed by atoms with E-state index in [1.807, 2.05) is 24.3 Å². The first-order valence-corrected chi connectivity index (χ1v) is 6.26. The molecule has 0 aliphatic carbocycles. The van der Waals surface area contributed by atoms with Gasteiger partial charge in [0.1, 0.15) is 11.6 Å². The number of nitrogens with zero attached hydrogens (tertiary/aromatic N) is 1. The van der Waals surface area contributed by atoms with Crippen molar-refractivity contribution in [3.63, 3.8) is 0 Å². The van der Waals surface area contributed by atoms with E-state index in [0.29, 0.717) is 6.61 Å². The molecule has 0 N–H and O–H groups in total. The zero-order chi connectivity index (χ0) is 11.4. The van der Waals surface area contributed by atoms with Crippen LogP contribution in [0.15, 0.2) is 34.2 Å².